The summed E-state index contributed by atoms with van der Waals surface area (Å²) in [4.78, 5) is 18.2. The van der Waals surface area contributed by atoms with Crippen LogP contribution in [-0.2, 0) is 10.2 Å². The van der Waals surface area contributed by atoms with Gasteiger partial charge in [0.15, 0.2) is 0 Å². The van der Waals surface area contributed by atoms with Crippen molar-refractivity contribution in [1.29, 1.82) is 0 Å². The standard InChI is InChI=1S/C26H30N2O3/c1-3-4-18-31-23-14-13-22(21-8-7-17-27-24(21)23)28-25(29)26(15-5-6-16-26)19-9-11-20(30-2)12-10-19/h7-14,17H,3-6,15-16,18H2,1-2H3,(H,28,29). The second-order valence-electron chi connectivity index (χ2n) is 8.18. The largest absolute Gasteiger partial charge is 0.497 e. The van der Waals surface area contributed by atoms with E-state index in [0.717, 1.165) is 72.2 Å². The van der Waals surface area contributed by atoms with Crippen LogP contribution in [0.1, 0.15) is 51.0 Å². The topological polar surface area (TPSA) is 60.5 Å². The van der Waals surface area contributed by atoms with Gasteiger partial charge in [-0.3, -0.25) is 9.78 Å². The van der Waals surface area contributed by atoms with E-state index in [1.54, 1.807) is 13.3 Å². The van der Waals surface area contributed by atoms with Gasteiger partial charge in [0.2, 0.25) is 5.91 Å². The zero-order valence-corrected chi connectivity index (χ0v) is 18.3. The molecule has 0 bridgehead atoms. The number of nitrogens with one attached hydrogen (secondary N) is 1. The first-order chi connectivity index (χ1) is 15.2. The fourth-order valence-electron chi connectivity index (χ4n) is 4.48. The first kappa shape index (κ1) is 21.2. The number of anilines is 1. The summed E-state index contributed by atoms with van der Waals surface area (Å²) in [6.07, 6.45) is 7.62. The molecule has 0 spiro atoms. The summed E-state index contributed by atoms with van der Waals surface area (Å²) in [5, 5.41) is 4.12. The smallest absolute Gasteiger partial charge is 0.235 e. The lowest BCUT2D eigenvalue weighted by atomic mass is 9.78. The van der Waals surface area contributed by atoms with E-state index in [1.165, 1.54) is 0 Å². The summed E-state index contributed by atoms with van der Waals surface area (Å²) < 4.78 is 11.2. The molecule has 31 heavy (non-hydrogen) atoms. The van der Waals surface area contributed by atoms with Crippen molar-refractivity contribution >= 4 is 22.5 Å². The summed E-state index contributed by atoms with van der Waals surface area (Å²) in [5.74, 6) is 1.60. The highest BCUT2D eigenvalue weighted by molar-refractivity contribution is 6.06. The average Bonchev–Trinajstić information content (AvgIpc) is 3.32. The average molecular weight is 419 g/mol. The van der Waals surface area contributed by atoms with Gasteiger partial charge >= 0.3 is 0 Å². The van der Waals surface area contributed by atoms with E-state index >= 15 is 0 Å². The molecule has 162 valence electrons. The number of pyridine rings is 1. The molecule has 0 radical (unpaired) electrons. The second kappa shape index (κ2) is 9.38. The third-order valence-electron chi connectivity index (χ3n) is 6.27. The van der Waals surface area contributed by atoms with Crippen molar-refractivity contribution in [2.45, 2.75) is 50.9 Å². The Bertz CT molecular complexity index is 1040. The van der Waals surface area contributed by atoms with Crippen molar-refractivity contribution in [1.82, 2.24) is 4.98 Å². The molecule has 4 rings (SSSR count). The van der Waals surface area contributed by atoms with Crippen LogP contribution in [0.4, 0.5) is 5.69 Å². The van der Waals surface area contributed by atoms with E-state index < -0.39 is 5.41 Å². The molecule has 0 aliphatic heterocycles. The SMILES string of the molecule is CCCCOc1ccc(NC(=O)C2(c3ccc(OC)cc3)CCCC2)c2cccnc12. The Balaban J connectivity index is 1.64. The van der Waals surface area contributed by atoms with Gasteiger partial charge in [-0.2, -0.15) is 0 Å². The Morgan fingerprint density at radius 1 is 1.10 bits per heavy atom. The van der Waals surface area contributed by atoms with E-state index in [9.17, 15) is 4.79 Å². The van der Waals surface area contributed by atoms with Gasteiger partial charge < -0.3 is 14.8 Å². The van der Waals surface area contributed by atoms with E-state index in [2.05, 4.69) is 17.2 Å². The van der Waals surface area contributed by atoms with Crippen LogP contribution in [0, 0.1) is 0 Å². The number of carbonyl (C=O) groups is 1. The first-order valence-corrected chi connectivity index (χ1v) is 11.1. The molecule has 1 aromatic heterocycles. The van der Waals surface area contributed by atoms with Crippen LogP contribution in [0.25, 0.3) is 10.9 Å². The molecule has 2 aromatic carbocycles. The van der Waals surface area contributed by atoms with Gasteiger partial charge in [0.25, 0.3) is 0 Å². The third kappa shape index (κ3) is 4.22. The molecule has 5 nitrogen and oxygen atoms in total. The van der Waals surface area contributed by atoms with Gasteiger partial charge in [-0.15, -0.1) is 0 Å². The monoisotopic (exact) mass is 418 g/mol. The molecule has 1 heterocycles. The van der Waals surface area contributed by atoms with Gasteiger partial charge in [-0.1, -0.05) is 38.3 Å². The number of methoxy groups -OCH3 is 1. The highest BCUT2D eigenvalue weighted by Gasteiger charge is 2.42. The van der Waals surface area contributed by atoms with Crippen LogP contribution in [0.5, 0.6) is 11.5 Å². The van der Waals surface area contributed by atoms with Gasteiger partial charge in [0, 0.05) is 11.6 Å². The lowest BCUT2D eigenvalue weighted by Crippen LogP contribution is -2.38. The molecule has 1 aliphatic carbocycles. The van der Waals surface area contributed by atoms with Crippen LogP contribution >= 0.6 is 0 Å². The maximum absolute atomic E-state index is 13.6. The minimum absolute atomic E-state index is 0.0416. The van der Waals surface area contributed by atoms with Gasteiger partial charge in [0.1, 0.15) is 17.0 Å². The maximum Gasteiger partial charge on any atom is 0.235 e. The van der Waals surface area contributed by atoms with E-state index in [1.807, 2.05) is 48.5 Å². The number of ether oxygens (including phenoxy) is 2. The lowest BCUT2D eigenvalue weighted by molar-refractivity contribution is -0.121. The van der Waals surface area contributed by atoms with Gasteiger partial charge in [-0.25, -0.2) is 0 Å². The van der Waals surface area contributed by atoms with E-state index in [4.69, 9.17) is 9.47 Å². The van der Waals surface area contributed by atoms with Gasteiger partial charge in [-0.05, 0) is 61.2 Å². The zero-order chi connectivity index (χ0) is 21.7. The number of rotatable bonds is 8. The molecule has 1 saturated carbocycles. The lowest BCUT2D eigenvalue weighted by Gasteiger charge is -2.29. The summed E-state index contributed by atoms with van der Waals surface area (Å²) in [7, 11) is 1.65. The fourth-order valence-corrected chi connectivity index (χ4v) is 4.48. The molecule has 3 aromatic rings. The van der Waals surface area contributed by atoms with Crippen LogP contribution in [0.15, 0.2) is 54.7 Å². The second-order valence-corrected chi connectivity index (χ2v) is 8.18. The predicted molar refractivity (Wildman–Crippen MR) is 124 cm³/mol. The number of benzene rings is 2. The van der Waals surface area contributed by atoms with Crippen molar-refractivity contribution in [3.8, 4) is 11.5 Å². The highest BCUT2D eigenvalue weighted by Crippen LogP contribution is 2.43. The van der Waals surface area contributed by atoms with Gasteiger partial charge in [0.05, 0.1) is 24.8 Å². The molecular weight excluding hydrogens is 388 g/mol. The van der Waals surface area contributed by atoms with Crippen molar-refractivity contribution in [3.63, 3.8) is 0 Å². The Labute approximate surface area is 183 Å². The van der Waals surface area contributed by atoms with Crippen molar-refractivity contribution in [2.75, 3.05) is 19.0 Å². The van der Waals surface area contributed by atoms with E-state index in [-0.39, 0.29) is 5.91 Å². The number of fused-ring (bicyclic) bond motifs is 1. The number of unbranched alkanes of at least 4 members (excludes halogenated alkanes) is 1. The zero-order valence-electron chi connectivity index (χ0n) is 18.3. The summed E-state index contributed by atoms with van der Waals surface area (Å²) >= 11 is 0. The molecule has 0 atom stereocenters. The molecule has 1 aliphatic rings. The summed E-state index contributed by atoms with van der Waals surface area (Å²) in [6, 6.07) is 15.6. The number of aromatic nitrogens is 1. The number of hydrogen-bond donors (Lipinski definition) is 1. The summed E-state index contributed by atoms with van der Waals surface area (Å²) in [5.41, 5.74) is 2.08. The Hall–Kier alpha value is -3.08. The maximum atomic E-state index is 13.6. The minimum Gasteiger partial charge on any atom is -0.497 e. The van der Waals surface area contributed by atoms with Crippen LogP contribution in [-0.4, -0.2) is 24.6 Å². The van der Waals surface area contributed by atoms with Crippen LogP contribution < -0.4 is 14.8 Å². The number of amides is 1. The fraction of sp³-hybridized carbons (Fsp3) is 0.385. The first-order valence-electron chi connectivity index (χ1n) is 11.1. The van der Waals surface area contributed by atoms with Crippen LogP contribution in [0.2, 0.25) is 0 Å². The summed E-state index contributed by atoms with van der Waals surface area (Å²) in [6.45, 7) is 2.80. The molecule has 1 fully saturated rings. The van der Waals surface area contributed by atoms with Crippen molar-refractivity contribution in [3.05, 3.63) is 60.3 Å². The Morgan fingerprint density at radius 2 is 1.87 bits per heavy atom. The molecule has 5 heteroatoms. The molecule has 1 N–H and O–H groups in total. The quantitative estimate of drug-likeness (QED) is 0.465. The van der Waals surface area contributed by atoms with Crippen LogP contribution in [0.3, 0.4) is 0 Å². The Kier molecular flexibility index (Phi) is 6.40. The molecule has 0 saturated heterocycles. The van der Waals surface area contributed by atoms with Crippen molar-refractivity contribution in [2.24, 2.45) is 0 Å². The molecule has 0 unspecified atom stereocenters. The predicted octanol–water partition coefficient (Wildman–Crippen LogP) is 5.87. The minimum atomic E-state index is -0.517. The normalized spacial score (nSPS) is 15.0. The molecular formula is C26H30N2O3. The molecule has 1 amide bonds. The Morgan fingerprint density at radius 3 is 2.58 bits per heavy atom. The van der Waals surface area contributed by atoms with E-state index in [0.29, 0.717) is 6.61 Å². The number of hydrogen-bond acceptors (Lipinski definition) is 4. The number of carbonyl (C=O) groups excluding carboxylic acids is 1. The third-order valence-corrected chi connectivity index (χ3v) is 6.27. The van der Waals surface area contributed by atoms with Crippen molar-refractivity contribution < 1.29 is 14.3 Å². The highest BCUT2D eigenvalue weighted by atomic mass is 16.5. The number of nitrogens with zero attached hydrogens (tertiary/aromatic N) is 1.